The van der Waals surface area contributed by atoms with Gasteiger partial charge in [0.2, 0.25) is 0 Å². The van der Waals surface area contributed by atoms with Crippen molar-refractivity contribution >= 4 is 0 Å². The molecule has 2 aliphatic rings. The van der Waals surface area contributed by atoms with E-state index >= 15 is 0 Å². The van der Waals surface area contributed by atoms with Crippen LogP contribution in [0.3, 0.4) is 0 Å². The fraction of sp³-hybridized carbons (Fsp3) is 1.00. The second-order valence-electron chi connectivity index (χ2n) is 7.19. The lowest BCUT2D eigenvalue weighted by Crippen LogP contribution is -2.47. The average molecular weight is 280 g/mol. The number of rotatable bonds is 6. The third-order valence-electron chi connectivity index (χ3n) is 5.81. The van der Waals surface area contributed by atoms with E-state index in [0.29, 0.717) is 0 Å². The van der Waals surface area contributed by atoms with Gasteiger partial charge in [0, 0.05) is 19.1 Å². The molecule has 4 unspecified atom stereocenters. The zero-order valence-electron chi connectivity index (χ0n) is 14.0. The van der Waals surface area contributed by atoms with Gasteiger partial charge in [0.1, 0.15) is 0 Å². The highest BCUT2D eigenvalue weighted by Gasteiger charge is 2.31. The molecule has 4 atom stereocenters. The highest BCUT2D eigenvalue weighted by atomic mass is 15.1. The Morgan fingerprint density at radius 1 is 1.00 bits per heavy atom. The molecule has 2 heteroatoms. The molecular weight excluding hydrogens is 244 g/mol. The summed E-state index contributed by atoms with van der Waals surface area (Å²) in [5.41, 5.74) is 0. The molecule has 2 rings (SSSR count). The Morgan fingerprint density at radius 2 is 1.80 bits per heavy atom. The fourth-order valence-electron chi connectivity index (χ4n) is 4.45. The lowest BCUT2D eigenvalue weighted by atomic mass is 9.76. The summed E-state index contributed by atoms with van der Waals surface area (Å²) in [6.07, 6.45) is 9.95. The molecule has 1 saturated carbocycles. The molecule has 0 radical (unpaired) electrons. The van der Waals surface area contributed by atoms with Gasteiger partial charge < -0.3 is 10.2 Å². The molecule has 1 aliphatic heterocycles. The summed E-state index contributed by atoms with van der Waals surface area (Å²) in [6.45, 7) is 12.2. The van der Waals surface area contributed by atoms with E-state index in [4.69, 9.17) is 0 Å². The summed E-state index contributed by atoms with van der Waals surface area (Å²) in [4.78, 5) is 2.78. The molecule has 0 spiro atoms. The summed E-state index contributed by atoms with van der Waals surface area (Å²) in [5, 5.41) is 3.77. The van der Waals surface area contributed by atoms with Crippen LogP contribution in [0.2, 0.25) is 0 Å². The van der Waals surface area contributed by atoms with Crippen LogP contribution in [-0.2, 0) is 0 Å². The van der Waals surface area contributed by atoms with E-state index in [9.17, 15) is 0 Å². The third-order valence-corrected chi connectivity index (χ3v) is 5.81. The first-order valence-corrected chi connectivity index (χ1v) is 9.22. The van der Waals surface area contributed by atoms with Gasteiger partial charge in [-0.3, -0.25) is 0 Å². The number of piperidine rings is 1. The SMILES string of the molecule is CCNC1CCC(CC)CC1CN1CCCC(CC)C1. The van der Waals surface area contributed by atoms with Gasteiger partial charge in [-0.15, -0.1) is 0 Å². The van der Waals surface area contributed by atoms with E-state index < -0.39 is 0 Å². The zero-order valence-corrected chi connectivity index (χ0v) is 14.0. The second kappa shape index (κ2) is 8.38. The van der Waals surface area contributed by atoms with E-state index in [-0.39, 0.29) is 0 Å². The number of hydrogen-bond donors (Lipinski definition) is 1. The molecule has 0 aromatic carbocycles. The molecule has 0 amide bonds. The van der Waals surface area contributed by atoms with E-state index in [2.05, 4.69) is 31.0 Å². The molecule has 1 aliphatic carbocycles. The van der Waals surface area contributed by atoms with Crippen molar-refractivity contribution in [2.45, 2.75) is 71.8 Å². The van der Waals surface area contributed by atoms with Gasteiger partial charge in [-0.2, -0.15) is 0 Å². The normalized spacial score (nSPS) is 36.1. The minimum atomic E-state index is 0.782. The van der Waals surface area contributed by atoms with Crippen LogP contribution >= 0.6 is 0 Å². The van der Waals surface area contributed by atoms with Gasteiger partial charge in [-0.1, -0.05) is 33.6 Å². The number of likely N-dealkylation sites (tertiary alicyclic amines) is 1. The van der Waals surface area contributed by atoms with Crippen molar-refractivity contribution in [1.29, 1.82) is 0 Å². The van der Waals surface area contributed by atoms with Crippen molar-refractivity contribution in [1.82, 2.24) is 10.2 Å². The Balaban J connectivity index is 1.88. The van der Waals surface area contributed by atoms with Crippen molar-refractivity contribution < 1.29 is 0 Å². The first-order chi connectivity index (χ1) is 9.76. The second-order valence-corrected chi connectivity index (χ2v) is 7.19. The Kier molecular flexibility index (Phi) is 6.83. The Morgan fingerprint density at radius 3 is 2.50 bits per heavy atom. The maximum absolute atomic E-state index is 3.77. The monoisotopic (exact) mass is 280 g/mol. The Labute approximate surface area is 126 Å². The number of nitrogens with zero attached hydrogens (tertiary/aromatic N) is 1. The molecule has 2 fully saturated rings. The quantitative estimate of drug-likeness (QED) is 0.793. The highest BCUT2D eigenvalue weighted by Crippen LogP contribution is 2.33. The summed E-state index contributed by atoms with van der Waals surface area (Å²) >= 11 is 0. The predicted octanol–water partition coefficient (Wildman–Crippen LogP) is 3.91. The van der Waals surface area contributed by atoms with Crippen molar-refractivity contribution in [3.63, 3.8) is 0 Å². The molecule has 1 N–H and O–H groups in total. The fourth-order valence-corrected chi connectivity index (χ4v) is 4.45. The summed E-state index contributed by atoms with van der Waals surface area (Å²) in [7, 11) is 0. The van der Waals surface area contributed by atoms with E-state index in [1.807, 2.05) is 0 Å². The van der Waals surface area contributed by atoms with Crippen LogP contribution in [0, 0.1) is 17.8 Å². The lowest BCUT2D eigenvalue weighted by Gasteiger charge is -2.41. The van der Waals surface area contributed by atoms with Gasteiger partial charge in [0.25, 0.3) is 0 Å². The van der Waals surface area contributed by atoms with E-state index in [1.54, 1.807) is 0 Å². The van der Waals surface area contributed by atoms with Gasteiger partial charge in [0.15, 0.2) is 0 Å². The van der Waals surface area contributed by atoms with Crippen molar-refractivity contribution in [2.24, 2.45) is 17.8 Å². The summed E-state index contributed by atoms with van der Waals surface area (Å²) in [5.74, 6) is 2.85. The molecule has 1 heterocycles. The maximum Gasteiger partial charge on any atom is 0.0108 e. The third kappa shape index (κ3) is 4.46. The molecule has 0 aromatic rings. The van der Waals surface area contributed by atoms with Crippen LogP contribution in [0.15, 0.2) is 0 Å². The molecular formula is C18H36N2. The van der Waals surface area contributed by atoms with Crippen LogP contribution < -0.4 is 5.32 Å². The molecule has 118 valence electrons. The van der Waals surface area contributed by atoms with E-state index in [0.717, 1.165) is 30.3 Å². The first-order valence-electron chi connectivity index (χ1n) is 9.22. The smallest absolute Gasteiger partial charge is 0.0108 e. The zero-order chi connectivity index (χ0) is 14.4. The van der Waals surface area contributed by atoms with Gasteiger partial charge in [0.05, 0.1) is 0 Å². The summed E-state index contributed by atoms with van der Waals surface area (Å²) in [6, 6.07) is 0.782. The number of hydrogen-bond acceptors (Lipinski definition) is 2. The minimum Gasteiger partial charge on any atom is -0.314 e. The largest absolute Gasteiger partial charge is 0.314 e. The standard InChI is InChI=1S/C18H36N2/c1-4-15-9-10-18(19-6-3)17(12-15)14-20-11-7-8-16(5-2)13-20/h15-19H,4-14H2,1-3H3. The first kappa shape index (κ1) is 16.3. The van der Waals surface area contributed by atoms with Crippen molar-refractivity contribution in [3.8, 4) is 0 Å². The maximum atomic E-state index is 3.77. The lowest BCUT2D eigenvalue weighted by molar-refractivity contribution is 0.104. The predicted molar refractivity (Wildman–Crippen MR) is 88.0 cm³/mol. The topological polar surface area (TPSA) is 15.3 Å². The van der Waals surface area contributed by atoms with E-state index in [1.165, 1.54) is 64.6 Å². The van der Waals surface area contributed by atoms with Crippen LogP contribution in [0.25, 0.3) is 0 Å². The summed E-state index contributed by atoms with van der Waals surface area (Å²) < 4.78 is 0. The number of nitrogens with one attached hydrogen (secondary N) is 1. The molecule has 0 bridgehead atoms. The Bertz CT molecular complexity index is 266. The van der Waals surface area contributed by atoms with Crippen LogP contribution in [0.1, 0.15) is 65.7 Å². The van der Waals surface area contributed by atoms with Crippen LogP contribution in [-0.4, -0.2) is 37.1 Å². The Hall–Kier alpha value is -0.0800. The van der Waals surface area contributed by atoms with Crippen LogP contribution in [0.5, 0.6) is 0 Å². The molecule has 20 heavy (non-hydrogen) atoms. The molecule has 0 aromatic heterocycles. The molecule has 2 nitrogen and oxygen atoms in total. The van der Waals surface area contributed by atoms with Gasteiger partial charge >= 0.3 is 0 Å². The minimum absolute atomic E-state index is 0.782. The van der Waals surface area contributed by atoms with Gasteiger partial charge in [-0.05, 0) is 62.9 Å². The highest BCUT2D eigenvalue weighted by molar-refractivity contribution is 4.87. The van der Waals surface area contributed by atoms with Gasteiger partial charge in [-0.25, -0.2) is 0 Å². The average Bonchev–Trinajstić information content (AvgIpc) is 2.49. The van der Waals surface area contributed by atoms with Crippen molar-refractivity contribution in [2.75, 3.05) is 26.2 Å². The van der Waals surface area contributed by atoms with Crippen molar-refractivity contribution in [3.05, 3.63) is 0 Å². The molecule has 1 saturated heterocycles. The van der Waals surface area contributed by atoms with Crippen LogP contribution in [0.4, 0.5) is 0 Å².